The quantitative estimate of drug-likeness (QED) is 0.833. The zero-order chi connectivity index (χ0) is 12.3. The maximum atomic E-state index is 12.1. The van der Waals surface area contributed by atoms with Crippen molar-refractivity contribution in [2.75, 3.05) is 12.9 Å². The highest BCUT2D eigenvalue weighted by Gasteiger charge is 2.04. The number of thioether (sulfide) groups is 1. The summed E-state index contributed by atoms with van der Waals surface area (Å²) in [5.41, 5.74) is 0.672. The van der Waals surface area contributed by atoms with Gasteiger partial charge >= 0.3 is 0 Å². The van der Waals surface area contributed by atoms with Gasteiger partial charge in [0.15, 0.2) is 0 Å². The summed E-state index contributed by atoms with van der Waals surface area (Å²) >= 11 is 1.69. The Morgan fingerprint density at radius 2 is 2.29 bits per heavy atom. The van der Waals surface area contributed by atoms with Crippen LogP contribution >= 0.6 is 11.8 Å². The number of benzene rings is 1. The molecule has 5 heteroatoms. The minimum Gasteiger partial charge on any atom is -0.497 e. The lowest BCUT2D eigenvalue weighted by atomic mass is 10.2. The Morgan fingerprint density at radius 1 is 1.47 bits per heavy atom. The average Bonchev–Trinajstić information content (AvgIpc) is 2.37. The van der Waals surface area contributed by atoms with E-state index in [2.05, 4.69) is 11.9 Å². The number of methoxy groups -OCH3 is 1. The largest absolute Gasteiger partial charge is 0.497 e. The normalized spacial score (nSPS) is 10.7. The fourth-order valence-electron chi connectivity index (χ4n) is 1.55. The smallest absolute Gasteiger partial charge is 0.261 e. The van der Waals surface area contributed by atoms with E-state index in [-0.39, 0.29) is 5.56 Å². The Labute approximate surface area is 104 Å². The second kappa shape index (κ2) is 5.23. The van der Waals surface area contributed by atoms with E-state index in [1.165, 1.54) is 0 Å². The maximum absolute atomic E-state index is 12.1. The highest BCUT2D eigenvalue weighted by atomic mass is 32.2. The van der Waals surface area contributed by atoms with Crippen LogP contribution in [0.1, 0.15) is 6.92 Å². The van der Waals surface area contributed by atoms with Crippen LogP contribution in [0, 0.1) is 0 Å². The predicted molar refractivity (Wildman–Crippen MR) is 70.7 cm³/mol. The van der Waals surface area contributed by atoms with Crippen molar-refractivity contribution in [3.8, 4) is 5.75 Å². The van der Waals surface area contributed by atoms with Crippen molar-refractivity contribution in [1.82, 2.24) is 9.55 Å². The van der Waals surface area contributed by atoms with Crippen molar-refractivity contribution in [3.05, 3.63) is 34.9 Å². The first-order valence-corrected chi connectivity index (χ1v) is 6.52. The maximum Gasteiger partial charge on any atom is 0.261 e. The minimum atomic E-state index is -0.00129. The summed E-state index contributed by atoms with van der Waals surface area (Å²) in [7, 11) is 1.60. The molecule has 1 aromatic carbocycles. The zero-order valence-electron chi connectivity index (χ0n) is 9.84. The molecule has 0 saturated carbocycles. The van der Waals surface area contributed by atoms with Crippen molar-refractivity contribution in [1.29, 1.82) is 0 Å². The van der Waals surface area contributed by atoms with Gasteiger partial charge in [-0.25, -0.2) is 4.98 Å². The third kappa shape index (κ3) is 2.44. The van der Waals surface area contributed by atoms with Crippen LogP contribution in [0.2, 0.25) is 0 Å². The van der Waals surface area contributed by atoms with Crippen LogP contribution in [0.15, 0.2) is 29.3 Å². The van der Waals surface area contributed by atoms with Gasteiger partial charge in [-0.2, -0.15) is 0 Å². The second-order valence-electron chi connectivity index (χ2n) is 3.52. The molecule has 0 aliphatic carbocycles. The first-order valence-electron chi connectivity index (χ1n) is 5.37. The Hall–Kier alpha value is -1.49. The van der Waals surface area contributed by atoms with Crippen molar-refractivity contribution < 1.29 is 4.74 Å². The van der Waals surface area contributed by atoms with Gasteiger partial charge in [-0.1, -0.05) is 6.92 Å². The predicted octanol–water partition coefficient (Wildman–Crippen LogP) is 2.12. The fourth-order valence-corrected chi connectivity index (χ4v) is 2.11. The number of ether oxygens (including phenoxy) is 1. The molecule has 0 N–H and O–H groups in total. The Bertz CT molecular complexity index is 580. The van der Waals surface area contributed by atoms with Crippen LogP contribution in [-0.4, -0.2) is 22.4 Å². The fraction of sp³-hybridized carbons (Fsp3) is 0.333. The van der Waals surface area contributed by atoms with Gasteiger partial charge in [0, 0.05) is 6.07 Å². The molecule has 0 fully saturated rings. The van der Waals surface area contributed by atoms with E-state index in [4.69, 9.17) is 4.74 Å². The van der Waals surface area contributed by atoms with Crippen molar-refractivity contribution in [2.24, 2.45) is 0 Å². The molecule has 1 aromatic heterocycles. The summed E-state index contributed by atoms with van der Waals surface area (Å²) in [6.07, 6.45) is 1.59. The summed E-state index contributed by atoms with van der Waals surface area (Å²) in [4.78, 5) is 16.4. The first-order chi connectivity index (χ1) is 8.26. The SMILES string of the molecule is CCSCn1cnc2cc(OC)ccc2c1=O. The van der Waals surface area contributed by atoms with Crippen LogP contribution in [0.4, 0.5) is 0 Å². The van der Waals surface area contributed by atoms with Gasteiger partial charge in [0.05, 0.1) is 30.2 Å². The van der Waals surface area contributed by atoms with Crippen LogP contribution < -0.4 is 10.3 Å². The van der Waals surface area contributed by atoms with E-state index < -0.39 is 0 Å². The molecule has 17 heavy (non-hydrogen) atoms. The average molecular weight is 250 g/mol. The molecular weight excluding hydrogens is 236 g/mol. The van der Waals surface area contributed by atoms with E-state index in [0.717, 1.165) is 5.75 Å². The highest BCUT2D eigenvalue weighted by molar-refractivity contribution is 7.98. The van der Waals surface area contributed by atoms with E-state index in [1.807, 2.05) is 0 Å². The molecule has 0 atom stereocenters. The van der Waals surface area contributed by atoms with Crippen LogP contribution in [0.5, 0.6) is 5.75 Å². The Kier molecular flexibility index (Phi) is 3.68. The van der Waals surface area contributed by atoms with Gasteiger partial charge in [0.2, 0.25) is 0 Å². The lowest BCUT2D eigenvalue weighted by Crippen LogP contribution is -2.19. The second-order valence-corrected chi connectivity index (χ2v) is 4.77. The molecule has 4 nitrogen and oxygen atoms in total. The van der Waals surface area contributed by atoms with Gasteiger partial charge in [0.1, 0.15) is 5.75 Å². The number of aromatic nitrogens is 2. The van der Waals surface area contributed by atoms with Gasteiger partial charge in [-0.3, -0.25) is 9.36 Å². The van der Waals surface area contributed by atoms with Gasteiger partial charge in [0.25, 0.3) is 5.56 Å². The molecule has 0 spiro atoms. The molecular formula is C12H14N2O2S. The summed E-state index contributed by atoms with van der Waals surface area (Å²) in [6, 6.07) is 5.31. The lowest BCUT2D eigenvalue weighted by molar-refractivity contribution is 0.415. The third-order valence-electron chi connectivity index (χ3n) is 2.47. The molecule has 1 heterocycles. The molecule has 0 radical (unpaired) electrons. The third-order valence-corrected chi connectivity index (χ3v) is 3.34. The van der Waals surface area contributed by atoms with E-state index in [1.54, 1.807) is 48.0 Å². The van der Waals surface area contributed by atoms with Gasteiger partial charge in [-0.05, 0) is 17.9 Å². The molecule has 0 aliphatic rings. The molecule has 2 aromatic rings. The summed E-state index contributed by atoms with van der Waals surface area (Å²) in [6.45, 7) is 2.06. The molecule has 0 saturated heterocycles. The number of fused-ring (bicyclic) bond motifs is 1. The first kappa shape index (κ1) is 12.0. The van der Waals surface area contributed by atoms with Crippen LogP contribution in [0.3, 0.4) is 0 Å². The molecule has 2 rings (SSSR count). The topological polar surface area (TPSA) is 44.1 Å². The van der Waals surface area contributed by atoms with Crippen LogP contribution in [-0.2, 0) is 5.88 Å². The van der Waals surface area contributed by atoms with Crippen molar-refractivity contribution in [3.63, 3.8) is 0 Å². The van der Waals surface area contributed by atoms with E-state index in [0.29, 0.717) is 22.5 Å². The van der Waals surface area contributed by atoms with E-state index in [9.17, 15) is 4.79 Å². The Morgan fingerprint density at radius 3 is 3.00 bits per heavy atom. The molecule has 0 aliphatic heterocycles. The van der Waals surface area contributed by atoms with Crippen molar-refractivity contribution in [2.45, 2.75) is 12.8 Å². The van der Waals surface area contributed by atoms with Crippen molar-refractivity contribution >= 4 is 22.7 Å². The molecule has 0 unspecified atom stereocenters. The number of hydrogen-bond donors (Lipinski definition) is 0. The lowest BCUT2D eigenvalue weighted by Gasteiger charge is -2.06. The molecule has 0 bridgehead atoms. The number of hydrogen-bond acceptors (Lipinski definition) is 4. The van der Waals surface area contributed by atoms with Gasteiger partial charge in [-0.15, -0.1) is 11.8 Å². The standard InChI is InChI=1S/C12H14N2O2S/c1-3-17-8-14-7-13-11-6-9(16-2)4-5-10(11)12(14)15/h4-7H,3,8H2,1-2H3. The molecule has 0 amide bonds. The minimum absolute atomic E-state index is 0.00129. The van der Waals surface area contributed by atoms with E-state index >= 15 is 0 Å². The number of rotatable bonds is 4. The monoisotopic (exact) mass is 250 g/mol. The Balaban J connectivity index is 2.49. The van der Waals surface area contributed by atoms with Crippen LogP contribution in [0.25, 0.3) is 10.9 Å². The summed E-state index contributed by atoms with van der Waals surface area (Å²) in [5, 5.41) is 0.630. The highest BCUT2D eigenvalue weighted by Crippen LogP contribution is 2.16. The zero-order valence-corrected chi connectivity index (χ0v) is 10.7. The van der Waals surface area contributed by atoms with Gasteiger partial charge < -0.3 is 4.74 Å². The molecule has 90 valence electrons. The summed E-state index contributed by atoms with van der Waals surface area (Å²) < 4.78 is 6.73. The number of nitrogens with zero attached hydrogens (tertiary/aromatic N) is 2. The summed E-state index contributed by atoms with van der Waals surface area (Å²) in [5.74, 6) is 2.34.